The first-order valence-electron chi connectivity index (χ1n) is 6.40. The molecule has 0 aliphatic carbocycles. The van der Waals surface area contributed by atoms with Crippen LogP contribution in [0.4, 0.5) is 13.2 Å². The van der Waals surface area contributed by atoms with Gasteiger partial charge in [0.05, 0.1) is 22.7 Å². The first-order valence-corrected chi connectivity index (χ1v) is 6.40. The predicted molar refractivity (Wildman–Crippen MR) is 69.7 cm³/mol. The molecule has 0 aliphatic heterocycles. The van der Waals surface area contributed by atoms with E-state index in [4.69, 9.17) is 0 Å². The van der Waals surface area contributed by atoms with Crippen molar-refractivity contribution in [3.8, 4) is 0 Å². The molecule has 0 saturated carbocycles. The number of hydrogen-bond donors (Lipinski definition) is 5. The number of aromatic nitrogens is 2. The number of H-pyrrole nitrogens is 1. The van der Waals surface area contributed by atoms with E-state index in [9.17, 15) is 33.6 Å². The fourth-order valence-electron chi connectivity index (χ4n) is 1.98. The van der Waals surface area contributed by atoms with E-state index in [1.165, 1.54) is 6.92 Å². The monoisotopic (exact) mass is 320 g/mol. The van der Waals surface area contributed by atoms with Crippen molar-refractivity contribution in [2.45, 2.75) is 37.5 Å². The molecule has 6 nitrogen and oxygen atoms in total. The van der Waals surface area contributed by atoms with Crippen LogP contribution in [0, 0.1) is 0 Å². The van der Waals surface area contributed by atoms with Gasteiger partial charge in [-0.05, 0) is 25.1 Å². The van der Waals surface area contributed by atoms with Gasteiger partial charge < -0.3 is 25.4 Å². The number of imidazole rings is 1. The van der Waals surface area contributed by atoms with Crippen LogP contribution in [0.2, 0.25) is 0 Å². The highest BCUT2D eigenvalue weighted by Crippen LogP contribution is 2.31. The largest absolute Gasteiger partial charge is 0.416 e. The number of aromatic amines is 1. The van der Waals surface area contributed by atoms with Gasteiger partial charge >= 0.3 is 6.18 Å². The lowest BCUT2D eigenvalue weighted by atomic mass is 10.0. The smallest absolute Gasteiger partial charge is 0.391 e. The zero-order valence-corrected chi connectivity index (χ0v) is 11.4. The number of aliphatic hydroxyl groups is 4. The Labute approximate surface area is 122 Å². The topological polar surface area (TPSA) is 110 Å². The molecule has 5 N–H and O–H groups in total. The van der Waals surface area contributed by atoms with Crippen molar-refractivity contribution in [1.29, 1.82) is 0 Å². The number of alkyl halides is 3. The van der Waals surface area contributed by atoms with Crippen molar-refractivity contribution in [2.75, 3.05) is 0 Å². The fraction of sp³-hybridized carbons (Fsp3) is 0.462. The molecular weight excluding hydrogens is 305 g/mol. The highest BCUT2D eigenvalue weighted by atomic mass is 19.4. The predicted octanol–water partition coefficient (Wildman–Crippen LogP) is 0.718. The first-order chi connectivity index (χ1) is 10.1. The van der Waals surface area contributed by atoms with Crippen molar-refractivity contribution < 1.29 is 33.6 Å². The van der Waals surface area contributed by atoms with E-state index in [1.807, 2.05) is 0 Å². The maximum atomic E-state index is 12.6. The van der Waals surface area contributed by atoms with Crippen LogP contribution in [0.3, 0.4) is 0 Å². The molecule has 1 aromatic heterocycles. The second-order valence-corrected chi connectivity index (χ2v) is 5.02. The molecule has 0 bridgehead atoms. The molecule has 0 spiro atoms. The SMILES string of the molecule is CC(O)[C@@H](O)[C@H](O)C(O)c1nc2cc(C(F)(F)F)ccc2[nH]1. The summed E-state index contributed by atoms with van der Waals surface area (Å²) in [5.41, 5.74) is -0.694. The average Bonchev–Trinajstić information content (AvgIpc) is 2.86. The summed E-state index contributed by atoms with van der Waals surface area (Å²) < 4.78 is 37.8. The van der Waals surface area contributed by atoms with E-state index in [0.717, 1.165) is 18.2 Å². The van der Waals surface area contributed by atoms with Gasteiger partial charge in [-0.2, -0.15) is 13.2 Å². The normalized spacial score (nSPS) is 18.2. The molecule has 2 aromatic rings. The van der Waals surface area contributed by atoms with E-state index in [1.54, 1.807) is 0 Å². The van der Waals surface area contributed by atoms with Crippen LogP contribution in [0.5, 0.6) is 0 Å². The number of halogens is 3. The van der Waals surface area contributed by atoms with Gasteiger partial charge in [-0.3, -0.25) is 0 Å². The number of nitrogens with zero attached hydrogens (tertiary/aromatic N) is 1. The average molecular weight is 320 g/mol. The summed E-state index contributed by atoms with van der Waals surface area (Å²) >= 11 is 0. The van der Waals surface area contributed by atoms with E-state index >= 15 is 0 Å². The van der Waals surface area contributed by atoms with Crippen LogP contribution in [0.25, 0.3) is 11.0 Å². The molecule has 1 aromatic carbocycles. The van der Waals surface area contributed by atoms with Gasteiger partial charge in [-0.25, -0.2) is 4.98 Å². The van der Waals surface area contributed by atoms with Gasteiger partial charge in [0.1, 0.15) is 24.1 Å². The Balaban J connectivity index is 2.33. The quantitative estimate of drug-likeness (QED) is 0.570. The molecule has 0 saturated heterocycles. The molecule has 9 heteroatoms. The lowest BCUT2D eigenvalue weighted by Gasteiger charge is -2.23. The standard InChI is InChI=1S/C13H15F3N2O4/c1-5(19)9(20)10(21)11(22)12-17-7-3-2-6(13(14,15)16)4-8(7)18-12/h2-5,9-11,19-22H,1H3,(H,17,18)/t5?,9-,10+,11?/m1/s1. The Kier molecular flexibility index (Phi) is 4.43. The number of benzene rings is 1. The maximum absolute atomic E-state index is 12.6. The van der Waals surface area contributed by atoms with Crippen LogP contribution in [0.1, 0.15) is 24.4 Å². The Morgan fingerprint density at radius 2 is 1.73 bits per heavy atom. The third-order valence-electron chi connectivity index (χ3n) is 3.28. The van der Waals surface area contributed by atoms with Crippen molar-refractivity contribution in [2.24, 2.45) is 0 Å². The molecular formula is C13H15F3N2O4. The summed E-state index contributed by atoms with van der Waals surface area (Å²) in [5.74, 6) is -0.207. The molecule has 2 unspecified atom stereocenters. The van der Waals surface area contributed by atoms with E-state index in [2.05, 4.69) is 9.97 Å². The molecule has 4 atom stereocenters. The van der Waals surface area contributed by atoms with Gasteiger partial charge in [0, 0.05) is 0 Å². The number of rotatable bonds is 4. The Bertz CT molecular complexity index is 656. The number of aliphatic hydroxyl groups excluding tert-OH is 4. The van der Waals surface area contributed by atoms with Gasteiger partial charge in [0.2, 0.25) is 0 Å². The van der Waals surface area contributed by atoms with Gasteiger partial charge in [0.25, 0.3) is 0 Å². The summed E-state index contributed by atoms with van der Waals surface area (Å²) in [4.78, 5) is 6.36. The summed E-state index contributed by atoms with van der Waals surface area (Å²) in [6.45, 7) is 1.22. The first kappa shape index (κ1) is 16.7. The number of fused-ring (bicyclic) bond motifs is 1. The minimum absolute atomic E-state index is 0.0392. The highest BCUT2D eigenvalue weighted by molar-refractivity contribution is 5.76. The second kappa shape index (κ2) is 5.84. The fourth-order valence-corrected chi connectivity index (χ4v) is 1.98. The van der Waals surface area contributed by atoms with Crippen LogP contribution >= 0.6 is 0 Å². The van der Waals surface area contributed by atoms with Gasteiger partial charge in [-0.15, -0.1) is 0 Å². The van der Waals surface area contributed by atoms with E-state index < -0.39 is 36.2 Å². The zero-order chi connectivity index (χ0) is 16.7. The summed E-state index contributed by atoms with van der Waals surface area (Å²) in [7, 11) is 0. The molecule has 2 rings (SSSR count). The van der Waals surface area contributed by atoms with Crippen molar-refractivity contribution in [3.05, 3.63) is 29.6 Å². The molecule has 0 fully saturated rings. The van der Waals surface area contributed by atoms with Crippen molar-refractivity contribution in [3.63, 3.8) is 0 Å². The third kappa shape index (κ3) is 3.22. The van der Waals surface area contributed by atoms with Gasteiger partial charge in [0.15, 0.2) is 0 Å². The Morgan fingerprint density at radius 1 is 1.09 bits per heavy atom. The third-order valence-corrected chi connectivity index (χ3v) is 3.28. The maximum Gasteiger partial charge on any atom is 0.416 e. The van der Waals surface area contributed by atoms with Crippen LogP contribution in [-0.4, -0.2) is 48.7 Å². The molecule has 1 heterocycles. The minimum Gasteiger partial charge on any atom is -0.391 e. The summed E-state index contributed by atoms with van der Waals surface area (Å²) in [6.07, 6.45) is -10.9. The summed E-state index contributed by atoms with van der Waals surface area (Å²) in [5, 5.41) is 38.3. The number of nitrogens with one attached hydrogen (secondary N) is 1. The molecule has 22 heavy (non-hydrogen) atoms. The Hall–Kier alpha value is -1.68. The highest BCUT2D eigenvalue weighted by Gasteiger charge is 2.33. The molecule has 0 amide bonds. The van der Waals surface area contributed by atoms with E-state index in [0.29, 0.717) is 0 Å². The van der Waals surface area contributed by atoms with Crippen molar-refractivity contribution in [1.82, 2.24) is 9.97 Å². The second-order valence-electron chi connectivity index (χ2n) is 5.02. The van der Waals surface area contributed by atoms with Crippen LogP contribution < -0.4 is 0 Å². The van der Waals surface area contributed by atoms with Crippen LogP contribution in [-0.2, 0) is 6.18 Å². The molecule has 0 aliphatic rings. The molecule has 122 valence electrons. The van der Waals surface area contributed by atoms with Crippen LogP contribution in [0.15, 0.2) is 18.2 Å². The lowest BCUT2D eigenvalue weighted by molar-refractivity contribution is -0.137. The van der Waals surface area contributed by atoms with Gasteiger partial charge in [-0.1, -0.05) is 0 Å². The summed E-state index contributed by atoms with van der Waals surface area (Å²) in [6, 6.07) is 2.82. The number of hydrogen-bond acceptors (Lipinski definition) is 5. The van der Waals surface area contributed by atoms with E-state index in [-0.39, 0.29) is 16.9 Å². The zero-order valence-electron chi connectivity index (χ0n) is 11.4. The Morgan fingerprint density at radius 3 is 2.27 bits per heavy atom. The van der Waals surface area contributed by atoms with Crippen molar-refractivity contribution >= 4 is 11.0 Å². The lowest BCUT2D eigenvalue weighted by Crippen LogP contribution is -2.39. The minimum atomic E-state index is -4.52. The molecule has 0 radical (unpaired) electrons.